The zero-order chi connectivity index (χ0) is 15.2. The highest BCUT2D eigenvalue weighted by molar-refractivity contribution is 7.99. The number of aromatic nitrogens is 1. The number of carbonyl (C=O) groups excluding carboxylic acids is 1. The fraction of sp³-hybridized carbons (Fsp3) is 0.600. The molecule has 1 aliphatic carbocycles. The van der Waals surface area contributed by atoms with E-state index in [4.69, 9.17) is 0 Å². The van der Waals surface area contributed by atoms with Crippen molar-refractivity contribution in [2.24, 2.45) is 0 Å². The molecule has 0 radical (unpaired) electrons. The Morgan fingerprint density at radius 3 is 2.90 bits per heavy atom. The highest BCUT2D eigenvalue weighted by Gasteiger charge is 2.24. The molecule has 1 aromatic rings. The zero-order valence-electron chi connectivity index (χ0n) is 12.9. The van der Waals surface area contributed by atoms with Crippen LogP contribution in [0.1, 0.15) is 25.0 Å². The number of rotatable bonds is 5. The van der Waals surface area contributed by atoms with Crippen LogP contribution >= 0.6 is 11.8 Å². The molecule has 2 rings (SSSR count). The van der Waals surface area contributed by atoms with Crippen LogP contribution in [0.25, 0.3) is 0 Å². The van der Waals surface area contributed by atoms with Crippen molar-refractivity contribution in [3.05, 3.63) is 23.9 Å². The molecule has 1 heterocycles. The summed E-state index contributed by atoms with van der Waals surface area (Å²) in [5.74, 6) is 0.897. The van der Waals surface area contributed by atoms with Gasteiger partial charge in [0.15, 0.2) is 0 Å². The fourth-order valence-corrected chi connectivity index (χ4v) is 3.30. The van der Waals surface area contributed by atoms with E-state index in [0.29, 0.717) is 17.8 Å². The quantitative estimate of drug-likeness (QED) is 0.876. The second-order valence-electron chi connectivity index (χ2n) is 5.58. The van der Waals surface area contributed by atoms with Gasteiger partial charge in [-0.25, -0.2) is 9.78 Å². The van der Waals surface area contributed by atoms with Crippen molar-refractivity contribution in [2.75, 3.05) is 25.3 Å². The van der Waals surface area contributed by atoms with Crippen LogP contribution in [0, 0.1) is 0 Å². The molecule has 1 aliphatic rings. The maximum absolute atomic E-state index is 11.9. The smallest absolute Gasteiger partial charge is 0.315 e. The molecule has 0 spiro atoms. The summed E-state index contributed by atoms with van der Waals surface area (Å²) in [7, 11) is 3.91. The third-order valence-corrected chi connectivity index (χ3v) is 4.83. The Kier molecular flexibility index (Phi) is 5.73. The van der Waals surface area contributed by atoms with Gasteiger partial charge in [-0.1, -0.05) is 6.07 Å². The van der Waals surface area contributed by atoms with Crippen molar-refractivity contribution in [2.45, 2.75) is 37.1 Å². The maximum Gasteiger partial charge on any atom is 0.315 e. The highest BCUT2D eigenvalue weighted by Crippen LogP contribution is 2.27. The summed E-state index contributed by atoms with van der Waals surface area (Å²) in [6.45, 7) is 0.451. The van der Waals surface area contributed by atoms with Crippen LogP contribution < -0.4 is 15.5 Å². The van der Waals surface area contributed by atoms with Gasteiger partial charge in [0.1, 0.15) is 5.82 Å². The van der Waals surface area contributed by atoms with E-state index in [1.165, 1.54) is 6.42 Å². The molecule has 0 aliphatic heterocycles. The van der Waals surface area contributed by atoms with Crippen LogP contribution in [0.2, 0.25) is 0 Å². The SMILES string of the molecule is CS[C@H]1CC[C@H](NC(=O)NCc2cccc(N(C)C)n2)C1. The highest BCUT2D eigenvalue weighted by atomic mass is 32.2. The number of carbonyl (C=O) groups is 1. The van der Waals surface area contributed by atoms with Gasteiger partial charge in [-0.05, 0) is 37.7 Å². The van der Waals surface area contributed by atoms with Gasteiger partial charge in [-0.15, -0.1) is 0 Å². The lowest BCUT2D eigenvalue weighted by Gasteiger charge is -2.15. The molecule has 0 aromatic carbocycles. The third kappa shape index (κ3) is 4.81. The minimum absolute atomic E-state index is 0.0983. The molecule has 2 atom stereocenters. The number of pyridine rings is 1. The van der Waals surface area contributed by atoms with E-state index in [1.54, 1.807) is 0 Å². The molecule has 2 amide bonds. The fourth-order valence-electron chi connectivity index (χ4n) is 2.51. The lowest BCUT2D eigenvalue weighted by atomic mass is 10.2. The normalized spacial score (nSPS) is 21.1. The van der Waals surface area contributed by atoms with Gasteiger partial charge in [0, 0.05) is 25.4 Å². The van der Waals surface area contributed by atoms with E-state index < -0.39 is 0 Å². The number of nitrogens with zero attached hydrogens (tertiary/aromatic N) is 2. The molecular weight excluding hydrogens is 284 g/mol. The van der Waals surface area contributed by atoms with Crippen LogP contribution in [0.5, 0.6) is 0 Å². The maximum atomic E-state index is 11.9. The van der Waals surface area contributed by atoms with Crippen molar-refractivity contribution in [1.29, 1.82) is 0 Å². The third-order valence-electron chi connectivity index (χ3n) is 3.73. The first-order valence-corrected chi connectivity index (χ1v) is 8.57. The largest absolute Gasteiger partial charge is 0.363 e. The minimum atomic E-state index is -0.0983. The summed E-state index contributed by atoms with van der Waals surface area (Å²) in [5.41, 5.74) is 0.866. The lowest BCUT2D eigenvalue weighted by molar-refractivity contribution is 0.236. The molecule has 0 unspecified atom stereocenters. The summed E-state index contributed by atoms with van der Waals surface area (Å²) in [6.07, 6.45) is 5.48. The summed E-state index contributed by atoms with van der Waals surface area (Å²) in [6, 6.07) is 6.04. The van der Waals surface area contributed by atoms with Crippen molar-refractivity contribution < 1.29 is 4.79 Å². The van der Waals surface area contributed by atoms with E-state index in [9.17, 15) is 4.79 Å². The predicted octanol–water partition coefficient (Wildman–Crippen LogP) is 2.23. The van der Waals surface area contributed by atoms with Crippen LogP contribution in [-0.4, -0.2) is 42.7 Å². The van der Waals surface area contributed by atoms with Gasteiger partial charge in [-0.3, -0.25) is 0 Å². The van der Waals surface area contributed by atoms with Gasteiger partial charge in [0.05, 0.1) is 12.2 Å². The lowest BCUT2D eigenvalue weighted by Crippen LogP contribution is -2.40. The number of thioether (sulfide) groups is 1. The van der Waals surface area contributed by atoms with Gasteiger partial charge < -0.3 is 15.5 Å². The molecule has 1 aromatic heterocycles. The molecule has 116 valence electrons. The topological polar surface area (TPSA) is 57.3 Å². The Labute approximate surface area is 130 Å². The van der Waals surface area contributed by atoms with E-state index in [-0.39, 0.29) is 6.03 Å². The van der Waals surface area contributed by atoms with Gasteiger partial charge >= 0.3 is 6.03 Å². The van der Waals surface area contributed by atoms with Crippen LogP contribution in [-0.2, 0) is 6.54 Å². The average Bonchev–Trinajstić information content (AvgIpc) is 2.93. The standard InChI is InChI=1S/C15H24N4OS/c1-19(2)14-6-4-5-12(17-14)10-16-15(20)18-11-7-8-13(9-11)21-3/h4-6,11,13H,7-10H2,1-3H3,(H2,16,18,20)/t11-,13-/m0/s1. The molecule has 1 saturated carbocycles. The van der Waals surface area contributed by atoms with Crippen LogP contribution in [0.15, 0.2) is 18.2 Å². The number of nitrogens with one attached hydrogen (secondary N) is 2. The average molecular weight is 308 g/mol. The number of anilines is 1. The minimum Gasteiger partial charge on any atom is -0.363 e. The number of hydrogen-bond donors (Lipinski definition) is 2. The number of amides is 2. The first-order valence-electron chi connectivity index (χ1n) is 7.29. The van der Waals surface area contributed by atoms with Crippen molar-refractivity contribution in [1.82, 2.24) is 15.6 Å². The molecule has 0 bridgehead atoms. The zero-order valence-corrected chi connectivity index (χ0v) is 13.7. The van der Waals surface area contributed by atoms with Crippen molar-refractivity contribution >= 4 is 23.6 Å². The first-order chi connectivity index (χ1) is 10.1. The van der Waals surface area contributed by atoms with Gasteiger partial charge in [0.2, 0.25) is 0 Å². The predicted molar refractivity (Wildman–Crippen MR) is 88.9 cm³/mol. The van der Waals surface area contributed by atoms with E-state index in [1.807, 2.05) is 49.0 Å². The Balaban J connectivity index is 1.77. The molecule has 21 heavy (non-hydrogen) atoms. The second kappa shape index (κ2) is 7.54. The van der Waals surface area contributed by atoms with Crippen LogP contribution in [0.4, 0.5) is 10.6 Å². The summed E-state index contributed by atoms with van der Waals surface area (Å²) in [4.78, 5) is 18.3. The summed E-state index contributed by atoms with van der Waals surface area (Å²) >= 11 is 1.89. The van der Waals surface area contributed by atoms with Crippen LogP contribution in [0.3, 0.4) is 0 Å². The second-order valence-corrected chi connectivity index (χ2v) is 6.71. The first kappa shape index (κ1) is 15.9. The molecule has 5 nitrogen and oxygen atoms in total. The van der Waals surface area contributed by atoms with E-state index in [2.05, 4.69) is 21.9 Å². The Morgan fingerprint density at radius 1 is 1.43 bits per heavy atom. The molecule has 2 N–H and O–H groups in total. The van der Waals surface area contributed by atoms with Crippen molar-refractivity contribution in [3.8, 4) is 0 Å². The molecule has 6 heteroatoms. The Hall–Kier alpha value is -1.43. The van der Waals surface area contributed by atoms with E-state index in [0.717, 1.165) is 24.4 Å². The molecule has 0 saturated heterocycles. The monoisotopic (exact) mass is 308 g/mol. The summed E-state index contributed by atoms with van der Waals surface area (Å²) < 4.78 is 0. The van der Waals surface area contributed by atoms with Gasteiger partial charge in [0.25, 0.3) is 0 Å². The number of urea groups is 1. The number of hydrogen-bond acceptors (Lipinski definition) is 4. The summed E-state index contributed by atoms with van der Waals surface area (Å²) in [5, 5.41) is 6.62. The molecular formula is C15H24N4OS. The van der Waals surface area contributed by atoms with E-state index >= 15 is 0 Å². The molecule has 1 fully saturated rings. The Morgan fingerprint density at radius 2 is 2.24 bits per heavy atom. The van der Waals surface area contributed by atoms with Gasteiger partial charge in [-0.2, -0.15) is 11.8 Å². The Bertz CT molecular complexity index is 480. The van der Waals surface area contributed by atoms with Crippen molar-refractivity contribution in [3.63, 3.8) is 0 Å².